The number of rotatable bonds is 4. The van der Waals surface area contributed by atoms with Crippen LogP contribution in [0.4, 0.5) is 5.00 Å². The van der Waals surface area contributed by atoms with Crippen LogP contribution < -0.4 is 10.6 Å². The van der Waals surface area contributed by atoms with Gasteiger partial charge in [-0.15, -0.1) is 11.3 Å². The predicted molar refractivity (Wildman–Crippen MR) is 89.0 cm³/mol. The molecule has 0 aliphatic carbocycles. The van der Waals surface area contributed by atoms with E-state index >= 15 is 0 Å². The van der Waals surface area contributed by atoms with Crippen LogP contribution in [0.2, 0.25) is 0 Å². The van der Waals surface area contributed by atoms with Crippen molar-refractivity contribution in [3.05, 3.63) is 16.5 Å². The van der Waals surface area contributed by atoms with Gasteiger partial charge in [-0.2, -0.15) is 0 Å². The molecule has 0 aromatic carbocycles. The lowest BCUT2D eigenvalue weighted by atomic mass is 9.96. The molecule has 0 fully saturated rings. The highest BCUT2D eigenvalue weighted by Gasteiger charge is 2.24. The van der Waals surface area contributed by atoms with Crippen molar-refractivity contribution >= 4 is 28.2 Å². The van der Waals surface area contributed by atoms with Gasteiger partial charge in [-0.05, 0) is 38.8 Å². The van der Waals surface area contributed by atoms with Gasteiger partial charge >= 0.3 is 0 Å². The van der Waals surface area contributed by atoms with Gasteiger partial charge < -0.3 is 10.6 Å². The van der Waals surface area contributed by atoms with Gasteiger partial charge in [-0.1, -0.05) is 27.7 Å². The molecule has 0 saturated heterocycles. The van der Waals surface area contributed by atoms with Gasteiger partial charge in [-0.25, -0.2) is 0 Å². The summed E-state index contributed by atoms with van der Waals surface area (Å²) in [6, 6.07) is 1.85. The summed E-state index contributed by atoms with van der Waals surface area (Å²) in [5.74, 6) is -0.134. The van der Waals surface area contributed by atoms with E-state index in [1.54, 1.807) is 0 Å². The fourth-order valence-electron chi connectivity index (χ4n) is 1.52. The Morgan fingerprint density at radius 3 is 2.24 bits per heavy atom. The number of hydrogen-bond donors (Lipinski definition) is 2. The minimum Gasteiger partial charge on any atom is -0.346 e. The molecule has 0 bridgehead atoms. The number of amides is 2. The highest BCUT2D eigenvalue weighted by atomic mass is 32.1. The van der Waals surface area contributed by atoms with E-state index < -0.39 is 5.41 Å². The topological polar surface area (TPSA) is 58.2 Å². The van der Waals surface area contributed by atoms with Crippen molar-refractivity contribution in [1.82, 2.24) is 5.32 Å². The number of anilines is 1. The van der Waals surface area contributed by atoms with E-state index in [4.69, 9.17) is 0 Å². The lowest BCUT2D eigenvalue weighted by Gasteiger charge is -2.24. The molecule has 1 heterocycles. The third-order valence-electron chi connectivity index (χ3n) is 3.38. The van der Waals surface area contributed by atoms with E-state index in [0.717, 1.165) is 12.0 Å². The van der Waals surface area contributed by atoms with Crippen LogP contribution in [0, 0.1) is 12.3 Å². The lowest BCUT2D eigenvalue weighted by molar-refractivity contribution is -0.123. The second-order valence-corrected chi connectivity index (χ2v) is 8.07. The second kappa shape index (κ2) is 6.18. The molecule has 2 amide bonds. The molecule has 0 atom stereocenters. The Labute approximate surface area is 131 Å². The Bertz CT molecular complexity index is 539. The Morgan fingerprint density at radius 2 is 1.76 bits per heavy atom. The SMILES string of the molecule is CCC(C)(C)NC(=O)c1sc(NC(=O)C(C)(C)C)cc1C. The summed E-state index contributed by atoms with van der Waals surface area (Å²) in [4.78, 5) is 25.0. The van der Waals surface area contributed by atoms with Crippen LogP contribution >= 0.6 is 11.3 Å². The van der Waals surface area contributed by atoms with Crippen LogP contribution in [0.5, 0.6) is 0 Å². The zero-order valence-corrected chi connectivity index (χ0v) is 14.8. The standard InChI is InChI=1S/C16H26N2O2S/c1-8-16(6,7)18-13(19)12-10(2)9-11(21-12)17-14(20)15(3,4)5/h9H,8H2,1-7H3,(H,17,20)(H,18,19). The smallest absolute Gasteiger partial charge is 0.262 e. The molecule has 4 nitrogen and oxygen atoms in total. The second-order valence-electron chi connectivity index (χ2n) is 7.02. The first kappa shape index (κ1) is 17.7. The van der Waals surface area contributed by atoms with E-state index in [2.05, 4.69) is 10.6 Å². The van der Waals surface area contributed by atoms with Crippen molar-refractivity contribution in [2.45, 2.75) is 60.4 Å². The molecule has 0 radical (unpaired) electrons. The molecule has 1 aromatic rings. The van der Waals surface area contributed by atoms with Gasteiger partial charge in [0.05, 0.1) is 9.88 Å². The maximum atomic E-state index is 12.3. The summed E-state index contributed by atoms with van der Waals surface area (Å²) in [7, 11) is 0. The molecule has 118 valence electrons. The molecule has 21 heavy (non-hydrogen) atoms. The molecule has 5 heteroatoms. The molecule has 0 aliphatic heterocycles. The fraction of sp³-hybridized carbons (Fsp3) is 0.625. The van der Waals surface area contributed by atoms with Crippen LogP contribution in [0.1, 0.15) is 63.2 Å². The summed E-state index contributed by atoms with van der Waals surface area (Å²) >= 11 is 1.32. The van der Waals surface area contributed by atoms with Crippen molar-refractivity contribution in [2.24, 2.45) is 5.41 Å². The van der Waals surface area contributed by atoms with E-state index in [-0.39, 0.29) is 17.4 Å². The van der Waals surface area contributed by atoms with Crippen molar-refractivity contribution in [3.63, 3.8) is 0 Å². The predicted octanol–water partition coefficient (Wildman–Crippen LogP) is 3.96. The van der Waals surface area contributed by atoms with Crippen LogP contribution in [0.15, 0.2) is 6.07 Å². The van der Waals surface area contributed by atoms with Crippen molar-refractivity contribution in [2.75, 3.05) is 5.32 Å². The number of thiophene rings is 1. The molecular weight excluding hydrogens is 284 g/mol. The number of carbonyl (C=O) groups excluding carboxylic acids is 2. The lowest BCUT2D eigenvalue weighted by Crippen LogP contribution is -2.42. The van der Waals surface area contributed by atoms with E-state index in [1.165, 1.54) is 11.3 Å². The normalized spacial score (nSPS) is 12.1. The first-order chi connectivity index (χ1) is 9.46. The van der Waals surface area contributed by atoms with Gasteiger partial charge in [0, 0.05) is 11.0 Å². The Balaban J connectivity index is 2.88. The fourth-order valence-corrected chi connectivity index (χ4v) is 2.48. The number of aryl methyl sites for hydroxylation is 1. The molecule has 2 N–H and O–H groups in total. The molecule has 0 spiro atoms. The first-order valence-electron chi connectivity index (χ1n) is 7.20. The van der Waals surface area contributed by atoms with E-state index in [1.807, 2.05) is 54.5 Å². The quantitative estimate of drug-likeness (QED) is 0.884. The van der Waals surface area contributed by atoms with Crippen LogP contribution in [0.25, 0.3) is 0 Å². The minimum atomic E-state index is -0.454. The van der Waals surface area contributed by atoms with E-state index in [9.17, 15) is 9.59 Å². The van der Waals surface area contributed by atoms with Crippen molar-refractivity contribution in [1.29, 1.82) is 0 Å². The van der Waals surface area contributed by atoms with Gasteiger partial charge in [0.15, 0.2) is 0 Å². The molecular formula is C16H26N2O2S. The maximum Gasteiger partial charge on any atom is 0.262 e. The summed E-state index contributed by atoms with van der Waals surface area (Å²) < 4.78 is 0. The highest BCUT2D eigenvalue weighted by molar-refractivity contribution is 7.18. The molecule has 1 rings (SSSR count). The molecule has 0 saturated carbocycles. The van der Waals surface area contributed by atoms with Crippen molar-refractivity contribution in [3.8, 4) is 0 Å². The first-order valence-corrected chi connectivity index (χ1v) is 8.02. The summed E-state index contributed by atoms with van der Waals surface area (Å²) in [6.45, 7) is 13.5. The number of carbonyl (C=O) groups is 2. The van der Waals surface area contributed by atoms with Crippen LogP contribution in [-0.4, -0.2) is 17.4 Å². The molecule has 0 unspecified atom stereocenters. The summed E-state index contributed by atoms with van der Waals surface area (Å²) in [5, 5.41) is 6.61. The number of hydrogen-bond acceptors (Lipinski definition) is 3. The van der Waals surface area contributed by atoms with Gasteiger partial charge in [-0.3, -0.25) is 9.59 Å². The van der Waals surface area contributed by atoms with Crippen LogP contribution in [-0.2, 0) is 4.79 Å². The van der Waals surface area contributed by atoms with Crippen LogP contribution in [0.3, 0.4) is 0 Å². The Kier molecular flexibility index (Phi) is 5.20. The zero-order chi connectivity index (χ0) is 16.4. The van der Waals surface area contributed by atoms with E-state index in [0.29, 0.717) is 9.88 Å². The average Bonchev–Trinajstić information content (AvgIpc) is 2.68. The maximum absolute atomic E-state index is 12.3. The Morgan fingerprint density at radius 1 is 1.19 bits per heavy atom. The largest absolute Gasteiger partial charge is 0.346 e. The Hall–Kier alpha value is -1.36. The average molecular weight is 310 g/mol. The third-order valence-corrected chi connectivity index (χ3v) is 4.53. The van der Waals surface area contributed by atoms with Gasteiger partial charge in [0.1, 0.15) is 0 Å². The number of nitrogens with one attached hydrogen (secondary N) is 2. The van der Waals surface area contributed by atoms with Crippen molar-refractivity contribution < 1.29 is 9.59 Å². The monoisotopic (exact) mass is 310 g/mol. The summed E-state index contributed by atoms with van der Waals surface area (Å²) in [6.07, 6.45) is 0.858. The summed E-state index contributed by atoms with van der Waals surface area (Å²) in [5.41, 5.74) is 0.195. The highest BCUT2D eigenvalue weighted by Crippen LogP contribution is 2.28. The van der Waals surface area contributed by atoms with Gasteiger partial charge in [0.2, 0.25) is 5.91 Å². The minimum absolute atomic E-state index is 0.0513. The zero-order valence-electron chi connectivity index (χ0n) is 14.0. The molecule has 0 aliphatic rings. The third kappa shape index (κ3) is 4.84. The van der Waals surface area contributed by atoms with Gasteiger partial charge in [0.25, 0.3) is 5.91 Å². The molecule has 1 aromatic heterocycles.